The Balaban J connectivity index is 2.34. The van der Waals surface area contributed by atoms with Gasteiger partial charge in [-0.25, -0.2) is 4.68 Å². The van der Waals surface area contributed by atoms with Crippen LogP contribution >= 0.6 is 0 Å². The Kier molecular flexibility index (Phi) is 4.77. The highest BCUT2D eigenvalue weighted by Crippen LogP contribution is 2.34. The number of nitrogen functional groups attached to an aromatic ring is 1. The highest BCUT2D eigenvalue weighted by atomic mass is 16.5. The van der Waals surface area contributed by atoms with E-state index in [4.69, 9.17) is 10.5 Å². The topological polar surface area (TPSA) is 78.8 Å². The van der Waals surface area contributed by atoms with Crippen LogP contribution in [0, 0.1) is 5.92 Å². The van der Waals surface area contributed by atoms with Crippen LogP contribution in [0.4, 0.5) is 5.69 Å². The van der Waals surface area contributed by atoms with Gasteiger partial charge in [0.15, 0.2) is 11.6 Å². The van der Waals surface area contributed by atoms with Crippen molar-refractivity contribution in [3.63, 3.8) is 0 Å². The molecule has 6 heteroatoms. The number of aromatic nitrogens is 4. The fourth-order valence-electron chi connectivity index (χ4n) is 2.32. The van der Waals surface area contributed by atoms with Gasteiger partial charge in [-0.15, -0.1) is 5.10 Å². The minimum absolute atomic E-state index is 0.225. The second-order valence-corrected chi connectivity index (χ2v) is 5.70. The maximum absolute atomic E-state index is 5.96. The van der Waals surface area contributed by atoms with Crippen molar-refractivity contribution in [1.29, 1.82) is 0 Å². The quantitative estimate of drug-likeness (QED) is 0.827. The highest BCUT2D eigenvalue weighted by Gasteiger charge is 2.19. The molecule has 0 aliphatic heterocycles. The lowest BCUT2D eigenvalue weighted by Gasteiger charge is -2.16. The van der Waals surface area contributed by atoms with Crippen LogP contribution in [-0.2, 0) is 0 Å². The van der Waals surface area contributed by atoms with E-state index >= 15 is 0 Å². The third kappa shape index (κ3) is 3.32. The molecule has 6 nitrogen and oxygen atoms in total. The molecule has 114 valence electrons. The number of hydrogen-bond acceptors (Lipinski definition) is 5. The summed E-state index contributed by atoms with van der Waals surface area (Å²) >= 11 is 0. The molecular formula is C15H23N5O. The second-order valence-electron chi connectivity index (χ2n) is 5.70. The number of rotatable bonds is 6. The molecule has 0 spiro atoms. The average molecular weight is 289 g/mol. The number of benzene rings is 1. The van der Waals surface area contributed by atoms with Crippen molar-refractivity contribution in [3.05, 3.63) is 18.2 Å². The van der Waals surface area contributed by atoms with Crippen LogP contribution in [0.5, 0.6) is 5.75 Å². The van der Waals surface area contributed by atoms with Gasteiger partial charge in [0, 0.05) is 0 Å². The van der Waals surface area contributed by atoms with Crippen LogP contribution in [0.1, 0.15) is 39.7 Å². The predicted octanol–water partition coefficient (Wildman–Crippen LogP) is 2.93. The summed E-state index contributed by atoms with van der Waals surface area (Å²) in [6, 6.07) is 5.83. The molecule has 1 unspecified atom stereocenters. The average Bonchev–Trinajstić information content (AvgIpc) is 2.93. The minimum Gasteiger partial charge on any atom is -0.494 e. The van der Waals surface area contributed by atoms with Gasteiger partial charge in [-0.2, -0.15) is 0 Å². The SMILES string of the molecule is COc1c(N)cccc1-c1nnnn1C(C)CCC(C)C. The molecule has 2 N–H and O–H groups in total. The number of methoxy groups -OCH3 is 1. The molecule has 1 aromatic carbocycles. The van der Waals surface area contributed by atoms with Gasteiger partial charge >= 0.3 is 0 Å². The first-order valence-corrected chi connectivity index (χ1v) is 7.25. The Morgan fingerprint density at radius 1 is 1.24 bits per heavy atom. The Hall–Kier alpha value is -2.11. The number of tetrazole rings is 1. The highest BCUT2D eigenvalue weighted by molar-refractivity contribution is 5.73. The fraction of sp³-hybridized carbons (Fsp3) is 0.533. The van der Waals surface area contributed by atoms with E-state index in [1.54, 1.807) is 13.2 Å². The van der Waals surface area contributed by atoms with Crippen LogP contribution in [0.15, 0.2) is 18.2 Å². The Morgan fingerprint density at radius 2 is 2.00 bits per heavy atom. The maximum atomic E-state index is 5.96. The zero-order valence-electron chi connectivity index (χ0n) is 13.1. The second kappa shape index (κ2) is 6.56. The van der Waals surface area contributed by atoms with E-state index < -0.39 is 0 Å². The molecule has 0 aliphatic rings. The Morgan fingerprint density at radius 3 is 2.67 bits per heavy atom. The minimum atomic E-state index is 0.225. The zero-order chi connectivity index (χ0) is 15.4. The lowest BCUT2D eigenvalue weighted by atomic mass is 10.0. The smallest absolute Gasteiger partial charge is 0.186 e. The van der Waals surface area contributed by atoms with Crippen molar-refractivity contribution in [2.24, 2.45) is 5.92 Å². The van der Waals surface area contributed by atoms with Gasteiger partial charge < -0.3 is 10.5 Å². The molecule has 0 aliphatic carbocycles. The molecule has 1 atom stereocenters. The summed E-state index contributed by atoms with van der Waals surface area (Å²) in [7, 11) is 1.60. The van der Waals surface area contributed by atoms with Gasteiger partial charge in [0.25, 0.3) is 0 Å². The third-order valence-electron chi connectivity index (χ3n) is 3.56. The van der Waals surface area contributed by atoms with E-state index in [2.05, 4.69) is 36.3 Å². The maximum Gasteiger partial charge on any atom is 0.186 e. The predicted molar refractivity (Wildman–Crippen MR) is 83.0 cm³/mol. The van der Waals surface area contributed by atoms with Crippen LogP contribution in [-0.4, -0.2) is 27.3 Å². The summed E-state index contributed by atoms with van der Waals surface area (Å²) in [5.41, 5.74) is 7.36. The van der Waals surface area contributed by atoms with Crippen molar-refractivity contribution < 1.29 is 4.74 Å². The molecule has 2 aromatic rings. The number of hydrogen-bond donors (Lipinski definition) is 1. The normalized spacial score (nSPS) is 12.6. The summed E-state index contributed by atoms with van der Waals surface area (Å²) in [6.45, 7) is 6.56. The van der Waals surface area contributed by atoms with Gasteiger partial charge in [-0.1, -0.05) is 19.9 Å². The number of anilines is 1. The Labute approximate surface area is 125 Å². The molecule has 0 fully saturated rings. The molecule has 21 heavy (non-hydrogen) atoms. The Bertz CT molecular complexity index is 593. The molecule has 0 amide bonds. The van der Waals surface area contributed by atoms with Crippen molar-refractivity contribution in [2.75, 3.05) is 12.8 Å². The first kappa shape index (κ1) is 15.3. The molecule has 0 bridgehead atoms. The summed E-state index contributed by atoms with van der Waals surface area (Å²) in [5.74, 6) is 1.97. The van der Waals surface area contributed by atoms with E-state index in [-0.39, 0.29) is 6.04 Å². The van der Waals surface area contributed by atoms with E-state index in [0.717, 1.165) is 18.4 Å². The first-order chi connectivity index (χ1) is 10.0. The monoisotopic (exact) mass is 289 g/mol. The van der Waals surface area contributed by atoms with Crippen molar-refractivity contribution in [1.82, 2.24) is 20.2 Å². The van der Waals surface area contributed by atoms with E-state index in [1.165, 1.54) is 0 Å². The first-order valence-electron chi connectivity index (χ1n) is 7.25. The summed E-state index contributed by atoms with van der Waals surface area (Å²) in [5, 5.41) is 12.1. The lowest BCUT2D eigenvalue weighted by molar-refractivity contribution is 0.402. The van der Waals surface area contributed by atoms with Crippen LogP contribution in [0.3, 0.4) is 0 Å². The number of nitrogens with two attached hydrogens (primary N) is 1. The molecule has 1 heterocycles. The summed E-state index contributed by atoms with van der Waals surface area (Å²) in [4.78, 5) is 0. The lowest BCUT2D eigenvalue weighted by Crippen LogP contribution is -2.10. The van der Waals surface area contributed by atoms with Crippen molar-refractivity contribution in [3.8, 4) is 17.1 Å². The summed E-state index contributed by atoms with van der Waals surface area (Å²) in [6.07, 6.45) is 2.16. The molecular weight excluding hydrogens is 266 g/mol. The molecule has 1 aromatic heterocycles. The third-order valence-corrected chi connectivity index (χ3v) is 3.56. The van der Waals surface area contributed by atoms with E-state index in [9.17, 15) is 0 Å². The van der Waals surface area contributed by atoms with Crippen LogP contribution in [0.25, 0.3) is 11.4 Å². The molecule has 0 saturated carbocycles. The number of ether oxygens (including phenoxy) is 1. The van der Waals surface area contributed by atoms with Crippen LogP contribution < -0.4 is 10.5 Å². The van der Waals surface area contributed by atoms with Crippen LogP contribution in [0.2, 0.25) is 0 Å². The summed E-state index contributed by atoms with van der Waals surface area (Å²) < 4.78 is 7.25. The standard InChI is InChI=1S/C15H23N5O/c1-10(2)8-9-11(3)20-15(17-18-19-20)12-6-5-7-13(16)14(12)21-4/h5-7,10-11H,8-9,16H2,1-4H3. The molecule has 2 rings (SSSR count). The number of nitrogens with zero attached hydrogens (tertiary/aromatic N) is 4. The largest absolute Gasteiger partial charge is 0.494 e. The van der Waals surface area contributed by atoms with E-state index in [1.807, 2.05) is 16.8 Å². The fourth-order valence-corrected chi connectivity index (χ4v) is 2.32. The van der Waals surface area contributed by atoms with Gasteiger partial charge in [-0.3, -0.25) is 0 Å². The van der Waals surface area contributed by atoms with Gasteiger partial charge in [0.1, 0.15) is 0 Å². The van der Waals surface area contributed by atoms with Gasteiger partial charge in [0.05, 0.1) is 24.4 Å². The zero-order valence-corrected chi connectivity index (χ0v) is 13.1. The van der Waals surface area contributed by atoms with Gasteiger partial charge in [-0.05, 0) is 48.2 Å². The van der Waals surface area contributed by atoms with E-state index in [0.29, 0.717) is 23.2 Å². The molecule has 0 saturated heterocycles. The van der Waals surface area contributed by atoms with Crippen molar-refractivity contribution >= 4 is 5.69 Å². The molecule has 0 radical (unpaired) electrons. The van der Waals surface area contributed by atoms with Gasteiger partial charge in [0.2, 0.25) is 0 Å². The van der Waals surface area contributed by atoms with Crippen molar-refractivity contribution in [2.45, 2.75) is 39.7 Å². The number of para-hydroxylation sites is 1.